The standard InChI is InChI=1S/C21H34F3NO5SSi/c1-19(2,3)32(5,6)29-14-15-9-11-25-12-10-16-7-8-17(28-4)13-20(16,25)18(15)30-31(26,27)21(22,23)24/h7,17H,8-14H2,1-6H3/t17-,20-/m0/s1. The van der Waals surface area contributed by atoms with Gasteiger partial charge in [0.05, 0.1) is 12.7 Å². The Morgan fingerprint density at radius 2 is 1.81 bits per heavy atom. The van der Waals surface area contributed by atoms with Crippen LogP contribution in [0.4, 0.5) is 13.2 Å². The molecule has 0 aromatic carbocycles. The highest BCUT2D eigenvalue weighted by molar-refractivity contribution is 7.87. The van der Waals surface area contributed by atoms with E-state index in [-0.39, 0.29) is 23.5 Å². The van der Waals surface area contributed by atoms with Gasteiger partial charge in [0.15, 0.2) is 8.32 Å². The van der Waals surface area contributed by atoms with Gasteiger partial charge >= 0.3 is 15.6 Å². The van der Waals surface area contributed by atoms with Crippen LogP contribution in [0.5, 0.6) is 0 Å². The largest absolute Gasteiger partial charge is 0.534 e. The Labute approximate surface area is 190 Å². The fourth-order valence-corrected chi connectivity index (χ4v) is 6.06. The maximum absolute atomic E-state index is 13.3. The molecular weight excluding hydrogens is 463 g/mol. The lowest BCUT2D eigenvalue weighted by Crippen LogP contribution is -2.55. The van der Waals surface area contributed by atoms with Gasteiger partial charge < -0.3 is 13.3 Å². The van der Waals surface area contributed by atoms with Crippen LogP contribution in [0, 0.1) is 0 Å². The lowest BCUT2D eigenvalue weighted by atomic mass is 9.74. The molecule has 2 atom stereocenters. The molecule has 0 N–H and O–H groups in total. The first-order valence-corrected chi connectivity index (χ1v) is 15.2. The molecule has 0 bridgehead atoms. The molecule has 2 aliphatic heterocycles. The fourth-order valence-electron chi connectivity index (χ4n) is 4.52. The van der Waals surface area contributed by atoms with Crippen LogP contribution in [0.3, 0.4) is 0 Å². The van der Waals surface area contributed by atoms with Gasteiger partial charge in [0, 0.05) is 26.6 Å². The Morgan fingerprint density at radius 3 is 2.38 bits per heavy atom. The van der Waals surface area contributed by atoms with Crippen LogP contribution >= 0.6 is 0 Å². The molecule has 1 aliphatic carbocycles. The molecule has 2 heterocycles. The number of alkyl halides is 3. The third-order valence-corrected chi connectivity index (χ3v) is 12.9. The van der Waals surface area contributed by atoms with E-state index in [4.69, 9.17) is 13.3 Å². The van der Waals surface area contributed by atoms with Crippen molar-refractivity contribution in [1.29, 1.82) is 0 Å². The van der Waals surface area contributed by atoms with Crippen molar-refractivity contribution in [1.82, 2.24) is 4.90 Å². The molecule has 0 aromatic rings. The molecule has 0 unspecified atom stereocenters. The average Bonchev–Trinajstić information content (AvgIpc) is 3.04. The maximum Gasteiger partial charge on any atom is 0.534 e. The second kappa shape index (κ2) is 8.40. The Bertz CT molecular complexity index is 907. The summed E-state index contributed by atoms with van der Waals surface area (Å²) in [6, 6.07) is 0. The molecule has 3 rings (SSSR count). The summed E-state index contributed by atoms with van der Waals surface area (Å²) in [5, 5.41) is -0.101. The zero-order valence-corrected chi connectivity index (χ0v) is 21.5. The Balaban J connectivity index is 2.11. The van der Waals surface area contributed by atoms with Crippen molar-refractivity contribution in [3.05, 3.63) is 23.0 Å². The number of methoxy groups -OCH3 is 1. The molecule has 3 aliphatic rings. The van der Waals surface area contributed by atoms with Gasteiger partial charge in [-0.15, -0.1) is 0 Å². The van der Waals surface area contributed by atoms with Gasteiger partial charge in [-0.25, -0.2) is 0 Å². The summed E-state index contributed by atoms with van der Waals surface area (Å²) in [5.74, 6) is -0.134. The molecule has 0 aromatic heterocycles. The van der Waals surface area contributed by atoms with Gasteiger partial charge in [-0.05, 0) is 48.5 Å². The lowest BCUT2D eigenvalue weighted by molar-refractivity contribution is -0.0547. The van der Waals surface area contributed by atoms with Crippen molar-refractivity contribution in [2.45, 2.75) is 81.7 Å². The number of hydrogen-bond acceptors (Lipinski definition) is 6. The van der Waals surface area contributed by atoms with Crippen LogP contribution in [-0.4, -0.2) is 65.6 Å². The van der Waals surface area contributed by atoms with E-state index in [2.05, 4.69) is 33.9 Å². The molecule has 1 saturated heterocycles. The highest BCUT2D eigenvalue weighted by Crippen LogP contribution is 2.52. The highest BCUT2D eigenvalue weighted by atomic mass is 32.2. The van der Waals surface area contributed by atoms with Gasteiger partial charge in [0.2, 0.25) is 0 Å². The van der Waals surface area contributed by atoms with Crippen LogP contribution in [0.25, 0.3) is 0 Å². The number of halogens is 3. The molecule has 184 valence electrons. The van der Waals surface area contributed by atoms with E-state index in [9.17, 15) is 21.6 Å². The number of ether oxygens (including phenoxy) is 1. The van der Waals surface area contributed by atoms with Gasteiger partial charge in [-0.1, -0.05) is 26.8 Å². The summed E-state index contributed by atoms with van der Waals surface area (Å²) >= 11 is 0. The van der Waals surface area contributed by atoms with Gasteiger partial charge in [0.1, 0.15) is 11.3 Å². The number of rotatable bonds is 6. The molecular formula is C21H34F3NO5SSi. The molecule has 0 radical (unpaired) electrons. The normalized spacial score (nSPS) is 27.8. The van der Waals surface area contributed by atoms with Crippen molar-refractivity contribution < 1.29 is 34.9 Å². The quantitative estimate of drug-likeness (QED) is 0.229. The van der Waals surface area contributed by atoms with E-state index in [1.165, 1.54) is 0 Å². The van der Waals surface area contributed by atoms with Crippen LogP contribution in [-0.2, 0) is 23.5 Å². The van der Waals surface area contributed by atoms with Crippen molar-refractivity contribution in [3.8, 4) is 0 Å². The summed E-state index contributed by atoms with van der Waals surface area (Å²) in [4.78, 5) is 2.04. The van der Waals surface area contributed by atoms with E-state index >= 15 is 0 Å². The topological polar surface area (TPSA) is 65.1 Å². The first kappa shape index (κ1) is 25.7. The molecule has 11 heteroatoms. The summed E-state index contributed by atoms with van der Waals surface area (Å²) in [6.45, 7) is 11.6. The number of hydrogen-bond donors (Lipinski definition) is 0. The Kier molecular flexibility index (Phi) is 6.76. The number of nitrogens with zero attached hydrogens (tertiary/aromatic N) is 1. The average molecular weight is 498 g/mol. The lowest BCUT2D eigenvalue weighted by Gasteiger charge is -2.48. The predicted molar refractivity (Wildman–Crippen MR) is 118 cm³/mol. The van der Waals surface area contributed by atoms with E-state index in [0.29, 0.717) is 44.3 Å². The SMILES string of the molecule is CO[C@H]1CC=C2CCN3CCC(CO[Si](C)(C)C(C)(C)C)=C(OS(=O)(=O)C(F)(F)F)[C@]23C1. The molecule has 1 spiro atoms. The second-order valence-corrected chi connectivity index (χ2v) is 16.7. The van der Waals surface area contributed by atoms with Crippen molar-refractivity contribution >= 4 is 18.4 Å². The highest BCUT2D eigenvalue weighted by Gasteiger charge is 2.58. The minimum Gasteiger partial charge on any atom is -0.413 e. The summed E-state index contributed by atoms with van der Waals surface area (Å²) in [6.07, 6.45) is 3.76. The Hall–Kier alpha value is -0.883. The molecule has 6 nitrogen and oxygen atoms in total. The van der Waals surface area contributed by atoms with E-state index in [1.54, 1.807) is 7.11 Å². The zero-order chi connectivity index (χ0) is 24.2. The monoisotopic (exact) mass is 497 g/mol. The fraction of sp³-hybridized carbons (Fsp3) is 0.810. The predicted octanol–water partition coefficient (Wildman–Crippen LogP) is 4.71. The van der Waals surface area contributed by atoms with Gasteiger partial charge in [-0.2, -0.15) is 21.6 Å². The van der Waals surface area contributed by atoms with E-state index in [0.717, 1.165) is 5.57 Å². The van der Waals surface area contributed by atoms with E-state index < -0.39 is 29.5 Å². The first-order valence-electron chi connectivity index (χ1n) is 10.9. The van der Waals surface area contributed by atoms with Crippen LogP contribution in [0.2, 0.25) is 18.1 Å². The minimum atomic E-state index is -5.83. The van der Waals surface area contributed by atoms with Crippen LogP contribution in [0.1, 0.15) is 46.5 Å². The Morgan fingerprint density at radius 1 is 1.19 bits per heavy atom. The molecule has 32 heavy (non-hydrogen) atoms. The van der Waals surface area contributed by atoms with Crippen molar-refractivity contribution in [3.63, 3.8) is 0 Å². The van der Waals surface area contributed by atoms with Crippen LogP contribution in [0.15, 0.2) is 23.0 Å². The maximum atomic E-state index is 13.3. The second-order valence-electron chi connectivity index (χ2n) is 10.3. The minimum absolute atomic E-state index is 0.0553. The van der Waals surface area contributed by atoms with Gasteiger partial charge in [-0.3, -0.25) is 4.90 Å². The summed E-state index contributed by atoms with van der Waals surface area (Å²) in [5.41, 5.74) is -5.16. The third-order valence-electron chi connectivity index (χ3n) is 7.48. The molecule has 0 amide bonds. The van der Waals surface area contributed by atoms with Gasteiger partial charge in [0.25, 0.3) is 0 Å². The van der Waals surface area contributed by atoms with Crippen molar-refractivity contribution in [2.75, 3.05) is 26.8 Å². The summed E-state index contributed by atoms with van der Waals surface area (Å²) in [7, 11) is -6.50. The van der Waals surface area contributed by atoms with Crippen LogP contribution < -0.4 is 0 Å². The molecule has 0 saturated carbocycles. The third kappa shape index (κ3) is 4.43. The molecule has 1 fully saturated rings. The van der Waals surface area contributed by atoms with Crippen molar-refractivity contribution in [2.24, 2.45) is 0 Å². The first-order chi connectivity index (χ1) is 14.5. The van der Waals surface area contributed by atoms with E-state index in [1.807, 2.05) is 11.0 Å². The zero-order valence-electron chi connectivity index (χ0n) is 19.6. The summed E-state index contributed by atoms with van der Waals surface area (Å²) < 4.78 is 81.2. The smallest absolute Gasteiger partial charge is 0.413 e.